The van der Waals surface area contributed by atoms with Crippen LogP contribution in [0.3, 0.4) is 0 Å². The fourth-order valence-electron chi connectivity index (χ4n) is 3.55. The number of fused-ring (bicyclic) bond motifs is 1. The van der Waals surface area contributed by atoms with E-state index < -0.39 is 0 Å². The van der Waals surface area contributed by atoms with Crippen LogP contribution in [0.4, 0.5) is 0 Å². The number of hydrogen-bond acceptors (Lipinski definition) is 2. The smallest absolute Gasteiger partial charge is 0.270 e. The molecule has 140 valence electrons. The van der Waals surface area contributed by atoms with E-state index in [2.05, 4.69) is 16.5 Å². The average molecular weight is 402 g/mol. The molecule has 1 aliphatic rings. The summed E-state index contributed by atoms with van der Waals surface area (Å²) in [7, 11) is 2.09. The number of aromatic nitrogens is 1. The van der Waals surface area contributed by atoms with Gasteiger partial charge in [0.15, 0.2) is 0 Å². The summed E-state index contributed by atoms with van der Waals surface area (Å²) < 4.78 is 2.08. The molecule has 0 saturated carbocycles. The van der Waals surface area contributed by atoms with Gasteiger partial charge in [0.1, 0.15) is 5.69 Å². The number of nitrogens with zero attached hydrogens (tertiary/aromatic N) is 3. The van der Waals surface area contributed by atoms with Gasteiger partial charge in [-0.1, -0.05) is 47.5 Å². The van der Waals surface area contributed by atoms with Gasteiger partial charge in [0.2, 0.25) is 0 Å². The summed E-state index contributed by atoms with van der Waals surface area (Å²) in [5, 5.41) is 2.12. The van der Waals surface area contributed by atoms with Gasteiger partial charge >= 0.3 is 0 Å². The molecule has 4 rings (SSSR count). The largest absolute Gasteiger partial charge is 0.335 e. The summed E-state index contributed by atoms with van der Waals surface area (Å²) in [5.41, 5.74) is 2.77. The Bertz CT molecular complexity index is 990. The van der Waals surface area contributed by atoms with E-state index >= 15 is 0 Å². The molecule has 1 aliphatic heterocycles. The molecule has 0 N–H and O–H groups in total. The number of carbonyl (C=O) groups excluding carboxylic acids is 1. The second kappa shape index (κ2) is 7.55. The summed E-state index contributed by atoms with van der Waals surface area (Å²) in [6.45, 7) is 3.88. The molecule has 2 aromatic carbocycles. The molecule has 0 unspecified atom stereocenters. The van der Waals surface area contributed by atoms with Gasteiger partial charge in [0, 0.05) is 43.6 Å². The molecule has 0 aliphatic carbocycles. The van der Waals surface area contributed by atoms with Crippen molar-refractivity contribution in [2.24, 2.45) is 0 Å². The number of carbonyl (C=O) groups is 1. The molecule has 27 heavy (non-hydrogen) atoms. The highest BCUT2D eigenvalue weighted by molar-refractivity contribution is 6.42. The van der Waals surface area contributed by atoms with Crippen molar-refractivity contribution in [3.8, 4) is 0 Å². The van der Waals surface area contributed by atoms with Crippen molar-refractivity contribution in [2.75, 3.05) is 33.2 Å². The topological polar surface area (TPSA) is 28.5 Å². The normalized spacial score (nSPS) is 15.4. The van der Waals surface area contributed by atoms with Crippen molar-refractivity contribution < 1.29 is 4.79 Å². The van der Waals surface area contributed by atoms with Crippen molar-refractivity contribution in [1.82, 2.24) is 14.4 Å². The van der Waals surface area contributed by atoms with Crippen LogP contribution in [-0.2, 0) is 6.54 Å². The molecular weight excluding hydrogens is 381 g/mol. The zero-order chi connectivity index (χ0) is 19.0. The first-order valence-electron chi connectivity index (χ1n) is 9.03. The van der Waals surface area contributed by atoms with Gasteiger partial charge in [-0.25, -0.2) is 0 Å². The Balaban J connectivity index is 1.73. The molecular formula is C21H21Cl2N3O. The van der Waals surface area contributed by atoms with Crippen LogP contribution in [-0.4, -0.2) is 53.5 Å². The number of para-hydroxylation sites is 1. The molecule has 1 amide bonds. The molecule has 0 atom stereocenters. The number of amides is 1. The Hall–Kier alpha value is -2.01. The summed E-state index contributed by atoms with van der Waals surface area (Å²) in [5.74, 6) is 0.0827. The predicted molar refractivity (Wildman–Crippen MR) is 111 cm³/mol. The molecule has 6 heteroatoms. The number of likely N-dealkylation sites (N-methyl/N-ethyl adjacent to an activating group) is 1. The third-order valence-electron chi connectivity index (χ3n) is 5.14. The van der Waals surface area contributed by atoms with E-state index in [4.69, 9.17) is 23.2 Å². The average Bonchev–Trinajstić information content (AvgIpc) is 3.03. The van der Waals surface area contributed by atoms with Crippen molar-refractivity contribution in [1.29, 1.82) is 0 Å². The van der Waals surface area contributed by atoms with E-state index in [1.165, 1.54) is 0 Å². The summed E-state index contributed by atoms with van der Waals surface area (Å²) in [6, 6.07) is 15.7. The highest BCUT2D eigenvalue weighted by Crippen LogP contribution is 2.26. The second-order valence-electron chi connectivity index (χ2n) is 7.02. The first kappa shape index (κ1) is 18.4. The third-order valence-corrected chi connectivity index (χ3v) is 5.88. The predicted octanol–water partition coefficient (Wildman–Crippen LogP) is 4.38. The number of halogens is 2. The SMILES string of the molecule is CN1CCN(C(=O)c2cc3ccccc3n2Cc2ccc(Cl)c(Cl)c2)CC1. The molecule has 0 radical (unpaired) electrons. The lowest BCUT2D eigenvalue weighted by Gasteiger charge is -2.32. The van der Waals surface area contributed by atoms with E-state index in [0.717, 1.165) is 42.6 Å². The van der Waals surface area contributed by atoms with E-state index in [-0.39, 0.29) is 5.91 Å². The molecule has 1 aromatic heterocycles. The van der Waals surface area contributed by atoms with E-state index in [0.29, 0.717) is 22.3 Å². The van der Waals surface area contributed by atoms with Crippen LogP contribution < -0.4 is 0 Å². The van der Waals surface area contributed by atoms with Crippen LogP contribution in [0.15, 0.2) is 48.5 Å². The lowest BCUT2D eigenvalue weighted by atomic mass is 10.2. The Kier molecular flexibility index (Phi) is 5.13. The minimum atomic E-state index is 0.0827. The monoisotopic (exact) mass is 401 g/mol. The van der Waals surface area contributed by atoms with Gasteiger partial charge in [-0.15, -0.1) is 0 Å². The summed E-state index contributed by atoms with van der Waals surface area (Å²) >= 11 is 12.2. The maximum Gasteiger partial charge on any atom is 0.270 e. The fraction of sp³-hybridized carbons (Fsp3) is 0.286. The van der Waals surface area contributed by atoms with Gasteiger partial charge in [-0.05, 0) is 36.9 Å². The van der Waals surface area contributed by atoms with E-state index in [9.17, 15) is 4.79 Å². The van der Waals surface area contributed by atoms with Gasteiger partial charge in [-0.2, -0.15) is 0 Å². The van der Waals surface area contributed by atoms with Crippen LogP contribution >= 0.6 is 23.2 Å². The van der Waals surface area contributed by atoms with Crippen LogP contribution in [0.2, 0.25) is 10.0 Å². The lowest BCUT2D eigenvalue weighted by molar-refractivity contribution is 0.0654. The Labute approximate surface area is 168 Å². The van der Waals surface area contributed by atoms with Crippen molar-refractivity contribution in [3.05, 3.63) is 69.8 Å². The standard InChI is InChI=1S/C21H21Cl2N3O/c1-24-8-10-25(11-9-24)21(27)20-13-16-4-2-3-5-19(16)26(20)14-15-6-7-17(22)18(23)12-15/h2-7,12-13H,8-11,14H2,1H3. The molecule has 2 heterocycles. The van der Waals surface area contributed by atoms with Gasteiger partial charge < -0.3 is 14.4 Å². The van der Waals surface area contributed by atoms with Crippen LogP contribution in [0.1, 0.15) is 16.1 Å². The van der Waals surface area contributed by atoms with Crippen molar-refractivity contribution >= 4 is 40.0 Å². The highest BCUT2D eigenvalue weighted by atomic mass is 35.5. The molecule has 0 spiro atoms. The van der Waals surface area contributed by atoms with Crippen LogP contribution in [0, 0.1) is 0 Å². The van der Waals surface area contributed by atoms with Gasteiger partial charge in [0.25, 0.3) is 5.91 Å². The quantitative estimate of drug-likeness (QED) is 0.651. The molecule has 1 fully saturated rings. The molecule has 4 nitrogen and oxygen atoms in total. The van der Waals surface area contributed by atoms with Gasteiger partial charge in [-0.3, -0.25) is 4.79 Å². The number of piperazine rings is 1. The Morgan fingerprint density at radius 2 is 1.70 bits per heavy atom. The van der Waals surface area contributed by atoms with Crippen molar-refractivity contribution in [3.63, 3.8) is 0 Å². The van der Waals surface area contributed by atoms with Crippen molar-refractivity contribution in [2.45, 2.75) is 6.54 Å². The maximum absolute atomic E-state index is 13.2. The Morgan fingerprint density at radius 3 is 2.44 bits per heavy atom. The summed E-state index contributed by atoms with van der Waals surface area (Å²) in [6.07, 6.45) is 0. The first-order chi connectivity index (χ1) is 13.0. The zero-order valence-electron chi connectivity index (χ0n) is 15.2. The van der Waals surface area contributed by atoms with Crippen LogP contribution in [0.5, 0.6) is 0 Å². The number of hydrogen-bond donors (Lipinski definition) is 0. The Morgan fingerprint density at radius 1 is 0.963 bits per heavy atom. The lowest BCUT2D eigenvalue weighted by Crippen LogP contribution is -2.47. The fourth-order valence-corrected chi connectivity index (χ4v) is 3.87. The zero-order valence-corrected chi connectivity index (χ0v) is 16.7. The third kappa shape index (κ3) is 3.70. The minimum absolute atomic E-state index is 0.0827. The molecule has 0 bridgehead atoms. The minimum Gasteiger partial charge on any atom is -0.335 e. The number of benzene rings is 2. The number of rotatable bonds is 3. The highest BCUT2D eigenvalue weighted by Gasteiger charge is 2.24. The van der Waals surface area contributed by atoms with E-state index in [1.807, 2.05) is 47.4 Å². The molecule has 3 aromatic rings. The molecule has 1 saturated heterocycles. The van der Waals surface area contributed by atoms with Crippen LogP contribution in [0.25, 0.3) is 10.9 Å². The van der Waals surface area contributed by atoms with E-state index in [1.54, 1.807) is 6.07 Å². The summed E-state index contributed by atoms with van der Waals surface area (Å²) in [4.78, 5) is 17.4. The first-order valence-corrected chi connectivity index (χ1v) is 9.78. The second-order valence-corrected chi connectivity index (χ2v) is 7.83. The maximum atomic E-state index is 13.2. The van der Waals surface area contributed by atoms with Gasteiger partial charge in [0.05, 0.1) is 10.0 Å².